The molecule has 84 valence electrons. The van der Waals surface area contributed by atoms with Crippen LogP contribution in [0.4, 0.5) is 0 Å². The molecule has 1 saturated heterocycles. The Morgan fingerprint density at radius 1 is 1.40 bits per heavy atom. The lowest BCUT2D eigenvalue weighted by atomic mass is 10.0. The van der Waals surface area contributed by atoms with Gasteiger partial charge in [-0.15, -0.1) is 11.3 Å². The van der Waals surface area contributed by atoms with E-state index in [0.29, 0.717) is 0 Å². The van der Waals surface area contributed by atoms with Gasteiger partial charge in [-0.2, -0.15) is 11.8 Å². The second kappa shape index (κ2) is 5.37. The lowest BCUT2D eigenvalue weighted by Crippen LogP contribution is -2.06. The molecule has 0 atom stereocenters. The molecule has 0 bridgehead atoms. The highest BCUT2D eigenvalue weighted by atomic mass is 32.2. The number of hydrogen-bond donors (Lipinski definition) is 1. The summed E-state index contributed by atoms with van der Waals surface area (Å²) in [7, 11) is 0. The van der Waals surface area contributed by atoms with Gasteiger partial charge in [-0.25, -0.2) is 0 Å². The van der Waals surface area contributed by atoms with Crippen molar-refractivity contribution in [3.8, 4) is 0 Å². The van der Waals surface area contributed by atoms with Crippen molar-refractivity contribution in [3.63, 3.8) is 0 Å². The van der Waals surface area contributed by atoms with Crippen LogP contribution in [0.1, 0.15) is 41.0 Å². The minimum atomic E-state index is 0.209. The van der Waals surface area contributed by atoms with E-state index in [1.54, 1.807) is 0 Å². The van der Waals surface area contributed by atoms with E-state index in [1.807, 2.05) is 11.3 Å². The largest absolute Gasteiger partial charge is 0.392 e. The van der Waals surface area contributed by atoms with E-state index >= 15 is 0 Å². The fourth-order valence-corrected chi connectivity index (χ4v) is 4.50. The Morgan fingerprint density at radius 2 is 2.13 bits per heavy atom. The molecule has 0 saturated carbocycles. The third kappa shape index (κ3) is 2.58. The zero-order valence-electron chi connectivity index (χ0n) is 9.16. The van der Waals surface area contributed by atoms with Crippen molar-refractivity contribution in [2.45, 2.75) is 38.7 Å². The molecule has 2 rings (SSSR count). The van der Waals surface area contributed by atoms with Gasteiger partial charge in [-0.3, -0.25) is 0 Å². The van der Waals surface area contributed by atoms with Gasteiger partial charge in [0.25, 0.3) is 0 Å². The van der Waals surface area contributed by atoms with Gasteiger partial charge in [0.2, 0.25) is 0 Å². The lowest BCUT2D eigenvalue weighted by Gasteiger charge is -2.19. The van der Waals surface area contributed by atoms with Crippen molar-refractivity contribution >= 4 is 23.1 Å². The first-order valence-corrected chi connectivity index (χ1v) is 7.62. The molecule has 3 heteroatoms. The molecule has 0 spiro atoms. The molecule has 1 aromatic rings. The summed E-state index contributed by atoms with van der Waals surface area (Å²) in [5, 5.41) is 9.26. The fourth-order valence-electron chi connectivity index (χ4n) is 2.11. The number of aliphatic hydroxyl groups excluding tert-OH is 1. The molecule has 1 aromatic heterocycles. The average molecular weight is 242 g/mol. The summed E-state index contributed by atoms with van der Waals surface area (Å²) in [6, 6.07) is 2.24. The van der Waals surface area contributed by atoms with Crippen LogP contribution in [-0.4, -0.2) is 16.6 Å². The lowest BCUT2D eigenvalue weighted by molar-refractivity contribution is 0.281. The minimum absolute atomic E-state index is 0.209. The number of thiophene rings is 1. The van der Waals surface area contributed by atoms with Gasteiger partial charge >= 0.3 is 0 Å². The molecule has 15 heavy (non-hydrogen) atoms. The quantitative estimate of drug-likeness (QED) is 0.876. The Hall–Kier alpha value is 0.01000. The van der Waals surface area contributed by atoms with Crippen molar-refractivity contribution in [1.82, 2.24) is 0 Å². The minimum Gasteiger partial charge on any atom is -0.392 e. The molecule has 1 fully saturated rings. The van der Waals surface area contributed by atoms with Crippen LogP contribution in [0.15, 0.2) is 6.07 Å². The molecule has 0 aliphatic carbocycles. The molecular formula is C12H18OS2. The zero-order valence-corrected chi connectivity index (χ0v) is 10.8. The third-order valence-electron chi connectivity index (χ3n) is 3.03. The van der Waals surface area contributed by atoms with Gasteiger partial charge in [0.1, 0.15) is 0 Å². The molecule has 1 aliphatic rings. The van der Waals surface area contributed by atoms with Gasteiger partial charge in [-0.05, 0) is 48.3 Å². The van der Waals surface area contributed by atoms with Gasteiger partial charge in [-0.1, -0.05) is 6.92 Å². The second-order valence-electron chi connectivity index (χ2n) is 4.00. The highest BCUT2D eigenvalue weighted by Gasteiger charge is 2.19. The smallest absolute Gasteiger partial charge is 0.0692 e. The van der Waals surface area contributed by atoms with E-state index in [4.69, 9.17) is 0 Å². The standard InChI is InChI=1S/C12H18OS2/c1-2-11-10(8-13)7-12(15-11)9-3-5-14-6-4-9/h7,9,13H,2-6,8H2,1H3. The van der Waals surface area contributed by atoms with E-state index < -0.39 is 0 Å². The highest BCUT2D eigenvalue weighted by Crippen LogP contribution is 2.37. The van der Waals surface area contributed by atoms with Crippen LogP contribution in [0.3, 0.4) is 0 Å². The SMILES string of the molecule is CCc1sc(C2CCSCC2)cc1CO. The van der Waals surface area contributed by atoms with Gasteiger partial charge < -0.3 is 5.11 Å². The summed E-state index contributed by atoms with van der Waals surface area (Å²) < 4.78 is 0. The molecule has 1 nitrogen and oxygen atoms in total. The summed E-state index contributed by atoms with van der Waals surface area (Å²) in [6.45, 7) is 2.38. The molecule has 1 aliphatic heterocycles. The van der Waals surface area contributed by atoms with Crippen molar-refractivity contribution in [2.75, 3.05) is 11.5 Å². The molecule has 0 radical (unpaired) electrons. The summed E-state index contributed by atoms with van der Waals surface area (Å²) in [4.78, 5) is 2.89. The Kier molecular flexibility index (Phi) is 4.12. The zero-order chi connectivity index (χ0) is 10.7. The molecule has 0 amide bonds. The predicted molar refractivity (Wildman–Crippen MR) is 68.9 cm³/mol. The van der Waals surface area contributed by atoms with Crippen molar-refractivity contribution in [2.24, 2.45) is 0 Å². The van der Waals surface area contributed by atoms with Crippen LogP contribution in [0, 0.1) is 0 Å². The third-order valence-corrected chi connectivity index (χ3v) is 5.56. The van der Waals surface area contributed by atoms with Crippen LogP contribution in [0.25, 0.3) is 0 Å². The van der Waals surface area contributed by atoms with Gasteiger partial charge in [0.15, 0.2) is 0 Å². The van der Waals surface area contributed by atoms with E-state index in [1.165, 1.54) is 34.1 Å². The topological polar surface area (TPSA) is 20.2 Å². The summed E-state index contributed by atoms with van der Waals surface area (Å²) >= 11 is 3.99. The summed E-state index contributed by atoms with van der Waals surface area (Å²) in [5.41, 5.74) is 1.16. The fraction of sp³-hybridized carbons (Fsp3) is 0.667. The molecule has 0 unspecified atom stereocenters. The Labute approximate surface area is 99.9 Å². The van der Waals surface area contributed by atoms with Gasteiger partial charge in [0.05, 0.1) is 6.61 Å². The van der Waals surface area contributed by atoms with Crippen LogP contribution in [-0.2, 0) is 13.0 Å². The van der Waals surface area contributed by atoms with Crippen molar-refractivity contribution < 1.29 is 5.11 Å². The highest BCUT2D eigenvalue weighted by molar-refractivity contribution is 7.99. The normalized spacial score (nSPS) is 18.3. The predicted octanol–water partition coefficient (Wildman–Crippen LogP) is 3.41. The number of rotatable bonds is 3. The van der Waals surface area contributed by atoms with Crippen LogP contribution in [0.2, 0.25) is 0 Å². The van der Waals surface area contributed by atoms with Gasteiger partial charge in [0, 0.05) is 9.75 Å². The van der Waals surface area contributed by atoms with Crippen molar-refractivity contribution in [1.29, 1.82) is 0 Å². The van der Waals surface area contributed by atoms with E-state index in [-0.39, 0.29) is 6.61 Å². The number of thioether (sulfide) groups is 1. The monoisotopic (exact) mass is 242 g/mol. The van der Waals surface area contributed by atoms with E-state index in [2.05, 4.69) is 24.8 Å². The Balaban J connectivity index is 2.16. The summed E-state index contributed by atoms with van der Waals surface area (Å²) in [6.07, 6.45) is 3.69. The van der Waals surface area contributed by atoms with Crippen LogP contribution >= 0.6 is 23.1 Å². The maximum absolute atomic E-state index is 9.26. The maximum atomic E-state index is 9.26. The Morgan fingerprint density at radius 3 is 2.67 bits per heavy atom. The number of aryl methyl sites for hydroxylation is 1. The average Bonchev–Trinajstić information content (AvgIpc) is 2.73. The number of aliphatic hydroxyl groups is 1. The van der Waals surface area contributed by atoms with Crippen LogP contribution in [0.5, 0.6) is 0 Å². The summed E-state index contributed by atoms with van der Waals surface area (Å²) in [5.74, 6) is 3.37. The molecular weight excluding hydrogens is 224 g/mol. The molecule has 0 aromatic carbocycles. The molecule has 1 N–H and O–H groups in total. The first-order valence-electron chi connectivity index (χ1n) is 5.65. The first-order chi connectivity index (χ1) is 7.35. The second-order valence-corrected chi connectivity index (χ2v) is 6.39. The molecule has 2 heterocycles. The maximum Gasteiger partial charge on any atom is 0.0692 e. The van der Waals surface area contributed by atoms with Crippen LogP contribution < -0.4 is 0 Å². The van der Waals surface area contributed by atoms with Crippen molar-refractivity contribution in [3.05, 3.63) is 21.4 Å². The van der Waals surface area contributed by atoms with E-state index in [0.717, 1.165) is 17.9 Å². The first kappa shape index (κ1) is 11.5. The van der Waals surface area contributed by atoms with E-state index in [9.17, 15) is 5.11 Å². The number of hydrogen-bond acceptors (Lipinski definition) is 3. The Bertz CT molecular complexity index is 292.